The maximum absolute atomic E-state index is 13.1. The van der Waals surface area contributed by atoms with Crippen LogP contribution in [-0.4, -0.2) is 42.6 Å². The molecule has 0 radical (unpaired) electrons. The van der Waals surface area contributed by atoms with Crippen molar-refractivity contribution in [3.63, 3.8) is 0 Å². The molecule has 27 heavy (non-hydrogen) atoms. The minimum absolute atomic E-state index is 0.0806. The van der Waals surface area contributed by atoms with Gasteiger partial charge < -0.3 is 14.7 Å². The zero-order valence-corrected chi connectivity index (χ0v) is 15.5. The average molecular weight is 369 g/mol. The Hall–Kier alpha value is -2.65. The Kier molecular flexibility index (Phi) is 6.25. The first-order valence-corrected chi connectivity index (χ1v) is 9.16. The summed E-state index contributed by atoms with van der Waals surface area (Å²) in [5.74, 6) is 3.50. The highest BCUT2D eigenvalue weighted by atomic mass is 19.1. The molecule has 2 heterocycles. The van der Waals surface area contributed by atoms with E-state index in [1.807, 2.05) is 6.07 Å². The largest absolute Gasteiger partial charge is 0.356 e. The number of hydrogen-bond donors (Lipinski definition) is 1. The lowest BCUT2D eigenvalue weighted by molar-refractivity contribution is -0.131. The van der Waals surface area contributed by atoms with Crippen LogP contribution in [-0.2, 0) is 11.2 Å². The molecule has 1 saturated heterocycles. The number of hydrogen-bond acceptors (Lipinski definition) is 4. The molecule has 1 fully saturated rings. The molecule has 0 bridgehead atoms. The summed E-state index contributed by atoms with van der Waals surface area (Å²) in [5, 5.41) is 7.57. The molecule has 2 aromatic rings. The molecule has 2 unspecified atom stereocenters. The number of nitrogens with zero attached hydrogens (tertiary/aromatic N) is 2. The van der Waals surface area contributed by atoms with Crippen molar-refractivity contribution >= 4 is 5.91 Å². The number of carbonyl (C=O) groups is 1. The molecule has 0 spiro atoms. The third-order valence-electron chi connectivity index (χ3n) is 5.12. The van der Waals surface area contributed by atoms with Gasteiger partial charge in [0.2, 0.25) is 5.91 Å². The van der Waals surface area contributed by atoms with E-state index >= 15 is 0 Å². The molecule has 6 heteroatoms. The van der Waals surface area contributed by atoms with Gasteiger partial charge in [0.25, 0.3) is 0 Å². The number of piperidine rings is 1. The summed E-state index contributed by atoms with van der Waals surface area (Å²) >= 11 is 0. The van der Waals surface area contributed by atoms with Crippen LogP contribution < -0.4 is 5.32 Å². The minimum Gasteiger partial charge on any atom is -0.356 e. The van der Waals surface area contributed by atoms with Crippen molar-refractivity contribution in [2.24, 2.45) is 11.8 Å². The predicted octanol–water partition coefficient (Wildman–Crippen LogP) is 2.73. The van der Waals surface area contributed by atoms with Gasteiger partial charge in [-0.25, -0.2) is 4.39 Å². The number of carbonyl (C=O) groups excluding carboxylic acids is 1. The van der Waals surface area contributed by atoms with Crippen molar-refractivity contribution in [1.29, 1.82) is 0 Å². The monoisotopic (exact) mass is 369 g/mol. The zero-order valence-electron chi connectivity index (χ0n) is 15.5. The minimum atomic E-state index is -0.283. The Morgan fingerprint density at radius 1 is 1.41 bits per heavy atom. The van der Waals surface area contributed by atoms with E-state index in [1.165, 1.54) is 12.1 Å². The third-order valence-corrected chi connectivity index (χ3v) is 5.12. The quantitative estimate of drug-likeness (QED) is 0.796. The first-order chi connectivity index (χ1) is 13.1. The molecule has 0 saturated carbocycles. The lowest BCUT2D eigenvalue weighted by atomic mass is 9.81. The Balaban J connectivity index is 1.65. The summed E-state index contributed by atoms with van der Waals surface area (Å²) in [4.78, 5) is 14.0. The van der Waals surface area contributed by atoms with E-state index < -0.39 is 0 Å². The molecule has 3 rings (SSSR count). The van der Waals surface area contributed by atoms with Gasteiger partial charge in [-0.15, -0.1) is 6.42 Å². The SMILES string of the molecule is C#CCN(C)C(=O)CC1CCNCC1Cc1cc(-c2ccc(F)cc2)on1. The second kappa shape index (κ2) is 8.83. The van der Waals surface area contributed by atoms with E-state index in [9.17, 15) is 9.18 Å². The van der Waals surface area contributed by atoms with Gasteiger partial charge in [-0.3, -0.25) is 4.79 Å². The molecule has 1 aliphatic heterocycles. The second-order valence-electron chi connectivity index (χ2n) is 7.06. The molecule has 1 aromatic heterocycles. The van der Waals surface area contributed by atoms with Crippen LogP contribution in [0.25, 0.3) is 11.3 Å². The van der Waals surface area contributed by atoms with Gasteiger partial charge in [0.05, 0.1) is 12.2 Å². The molecular formula is C21H24FN3O2. The van der Waals surface area contributed by atoms with Crippen LogP contribution in [0.1, 0.15) is 18.5 Å². The van der Waals surface area contributed by atoms with Gasteiger partial charge in [0.15, 0.2) is 5.76 Å². The number of benzene rings is 1. The lowest BCUT2D eigenvalue weighted by Crippen LogP contribution is -2.40. The van der Waals surface area contributed by atoms with Gasteiger partial charge in [-0.05, 0) is 62.0 Å². The average Bonchev–Trinajstić information content (AvgIpc) is 3.12. The molecule has 1 amide bonds. The number of rotatable bonds is 6. The molecular weight excluding hydrogens is 345 g/mol. The highest BCUT2D eigenvalue weighted by Crippen LogP contribution is 2.28. The highest BCUT2D eigenvalue weighted by molar-refractivity contribution is 5.76. The highest BCUT2D eigenvalue weighted by Gasteiger charge is 2.29. The number of aromatic nitrogens is 1. The Morgan fingerprint density at radius 2 is 2.19 bits per heavy atom. The Bertz CT molecular complexity index is 810. The third kappa shape index (κ3) is 4.95. The fourth-order valence-electron chi connectivity index (χ4n) is 3.52. The van der Waals surface area contributed by atoms with Crippen molar-refractivity contribution in [3.05, 3.63) is 41.8 Å². The fourth-order valence-corrected chi connectivity index (χ4v) is 3.52. The van der Waals surface area contributed by atoms with Crippen molar-refractivity contribution in [2.45, 2.75) is 19.3 Å². The maximum Gasteiger partial charge on any atom is 0.223 e. The van der Waals surface area contributed by atoms with E-state index in [1.54, 1.807) is 24.1 Å². The zero-order chi connectivity index (χ0) is 19.2. The van der Waals surface area contributed by atoms with Gasteiger partial charge in [-0.2, -0.15) is 0 Å². The van der Waals surface area contributed by atoms with Crippen LogP contribution >= 0.6 is 0 Å². The first kappa shape index (κ1) is 19.1. The smallest absolute Gasteiger partial charge is 0.223 e. The van der Waals surface area contributed by atoms with Gasteiger partial charge >= 0.3 is 0 Å². The molecule has 1 N–H and O–H groups in total. The molecule has 2 atom stereocenters. The maximum atomic E-state index is 13.1. The van der Waals surface area contributed by atoms with Crippen LogP contribution in [0, 0.1) is 30.0 Å². The molecule has 5 nitrogen and oxygen atoms in total. The number of halogens is 1. The van der Waals surface area contributed by atoms with E-state index in [-0.39, 0.29) is 17.6 Å². The Labute approximate surface area is 158 Å². The van der Waals surface area contributed by atoms with E-state index in [4.69, 9.17) is 10.9 Å². The summed E-state index contributed by atoms with van der Waals surface area (Å²) < 4.78 is 18.5. The summed E-state index contributed by atoms with van der Waals surface area (Å²) in [6.45, 7) is 2.08. The van der Waals surface area contributed by atoms with Crippen molar-refractivity contribution in [1.82, 2.24) is 15.4 Å². The van der Waals surface area contributed by atoms with Crippen LogP contribution in [0.2, 0.25) is 0 Å². The van der Waals surface area contributed by atoms with Crippen molar-refractivity contribution in [2.75, 3.05) is 26.7 Å². The number of terminal acetylenes is 1. The molecule has 1 aliphatic rings. The van der Waals surface area contributed by atoms with Crippen LogP contribution in [0.5, 0.6) is 0 Å². The summed E-state index contributed by atoms with van der Waals surface area (Å²) in [6, 6.07) is 8.04. The predicted molar refractivity (Wildman–Crippen MR) is 101 cm³/mol. The summed E-state index contributed by atoms with van der Waals surface area (Å²) in [7, 11) is 1.74. The van der Waals surface area contributed by atoms with E-state index in [2.05, 4.69) is 16.4 Å². The normalized spacial score (nSPS) is 19.4. The van der Waals surface area contributed by atoms with Crippen LogP contribution in [0.3, 0.4) is 0 Å². The van der Waals surface area contributed by atoms with Gasteiger partial charge in [-0.1, -0.05) is 11.1 Å². The molecule has 1 aromatic carbocycles. The molecule has 0 aliphatic carbocycles. The topological polar surface area (TPSA) is 58.4 Å². The van der Waals surface area contributed by atoms with Gasteiger partial charge in [0.1, 0.15) is 5.82 Å². The summed E-state index contributed by atoms with van der Waals surface area (Å²) in [6.07, 6.45) is 7.47. The lowest BCUT2D eigenvalue weighted by Gasteiger charge is -2.32. The number of amides is 1. The van der Waals surface area contributed by atoms with E-state index in [0.717, 1.165) is 37.2 Å². The van der Waals surface area contributed by atoms with Crippen LogP contribution in [0.4, 0.5) is 4.39 Å². The summed E-state index contributed by atoms with van der Waals surface area (Å²) in [5.41, 5.74) is 1.64. The fraction of sp³-hybridized carbons (Fsp3) is 0.429. The van der Waals surface area contributed by atoms with Crippen molar-refractivity contribution < 1.29 is 13.7 Å². The standard InChI is InChI=1S/C21H24FN3O2/c1-3-10-25(2)21(26)12-16-8-9-23-14-17(16)11-19-13-20(27-24-19)15-4-6-18(22)7-5-15/h1,4-7,13,16-17,23H,8-12,14H2,2H3. The van der Waals surface area contributed by atoms with Gasteiger partial charge in [0, 0.05) is 25.1 Å². The first-order valence-electron chi connectivity index (χ1n) is 9.16. The second-order valence-corrected chi connectivity index (χ2v) is 7.06. The number of nitrogens with one attached hydrogen (secondary N) is 1. The van der Waals surface area contributed by atoms with Crippen molar-refractivity contribution in [3.8, 4) is 23.7 Å². The Morgan fingerprint density at radius 3 is 2.93 bits per heavy atom. The molecule has 142 valence electrons. The van der Waals surface area contributed by atoms with Crippen LogP contribution in [0.15, 0.2) is 34.9 Å². The van der Waals surface area contributed by atoms with E-state index in [0.29, 0.717) is 24.6 Å².